The quantitative estimate of drug-likeness (QED) is 0.391. The number of rotatable bonds is 9. The normalized spacial score (nSPS) is 11.2. The fourth-order valence-corrected chi connectivity index (χ4v) is 4.36. The molecule has 4 aromatic rings. The smallest absolute Gasteiger partial charge is 0.264 e. The van der Waals surface area contributed by atoms with Crippen LogP contribution in [0.1, 0.15) is 6.92 Å². The maximum Gasteiger partial charge on any atom is 0.264 e. The van der Waals surface area contributed by atoms with Gasteiger partial charge in [-0.25, -0.2) is 8.42 Å². The van der Waals surface area contributed by atoms with E-state index in [1.165, 1.54) is 23.5 Å². The van der Waals surface area contributed by atoms with Crippen molar-refractivity contribution < 1.29 is 22.7 Å². The summed E-state index contributed by atoms with van der Waals surface area (Å²) in [5, 5.41) is 10.6. The van der Waals surface area contributed by atoms with E-state index in [9.17, 15) is 13.2 Å². The molecule has 11 heteroatoms. The van der Waals surface area contributed by atoms with Crippen LogP contribution in [0, 0.1) is 0 Å². The topological polar surface area (TPSA) is 115 Å². The van der Waals surface area contributed by atoms with Gasteiger partial charge in [0.05, 0.1) is 17.2 Å². The number of carbonyl (C=O) groups is 1. The molecular weight excluding hydrogens is 458 g/mol. The zero-order valence-corrected chi connectivity index (χ0v) is 19.4. The number of fused-ring (bicyclic) bond motifs is 1. The van der Waals surface area contributed by atoms with Gasteiger partial charge in [-0.05, 0) is 67.6 Å². The van der Waals surface area contributed by atoms with Gasteiger partial charge in [-0.3, -0.25) is 18.8 Å². The molecule has 2 heterocycles. The summed E-state index contributed by atoms with van der Waals surface area (Å²) in [6.07, 6.45) is 1.74. The Hall–Kier alpha value is -4.12. The molecule has 0 aliphatic rings. The third kappa shape index (κ3) is 4.94. The third-order valence-corrected chi connectivity index (χ3v) is 6.73. The molecule has 0 radical (unpaired) electrons. The van der Waals surface area contributed by atoms with Gasteiger partial charge in [0.2, 0.25) is 5.95 Å². The van der Waals surface area contributed by atoms with Crippen LogP contribution in [0.15, 0.2) is 77.8 Å². The molecular formula is C23H23N5O5S. The predicted octanol–water partition coefficient (Wildman–Crippen LogP) is 2.97. The van der Waals surface area contributed by atoms with Gasteiger partial charge in [0.25, 0.3) is 15.9 Å². The Balaban J connectivity index is 1.37. The Morgan fingerprint density at radius 3 is 2.35 bits per heavy atom. The number of amides is 1. The Morgan fingerprint density at radius 1 is 0.971 bits per heavy atom. The lowest BCUT2D eigenvalue weighted by atomic mass is 10.3. The molecule has 2 aromatic carbocycles. The van der Waals surface area contributed by atoms with Gasteiger partial charge in [-0.1, -0.05) is 6.07 Å². The molecule has 0 spiro atoms. The minimum atomic E-state index is -3.75. The number of aromatic nitrogens is 3. The van der Waals surface area contributed by atoms with Crippen molar-refractivity contribution in [1.29, 1.82) is 0 Å². The number of hydrogen-bond acceptors (Lipinski definition) is 7. The number of benzene rings is 2. The lowest BCUT2D eigenvalue weighted by molar-refractivity contribution is -0.118. The highest BCUT2D eigenvalue weighted by molar-refractivity contribution is 7.92. The van der Waals surface area contributed by atoms with Gasteiger partial charge in [-0.15, -0.1) is 10.2 Å². The average molecular weight is 482 g/mol. The van der Waals surface area contributed by atoms with Crippen molar-refractivity contribution in [2.45, 2.75) is 11.8 Å². The second kappa shape index (κ2) is 9.79. The van der Waals surface area contributed by atoms with Crippen LogP contribution in [-0.4, -0.2) is 49.2 Å². The van der Waals surface area contributed by atoms with Crippen molar-refractivity contribution in [3.63, 3.8) is 0 Å². The van der Waals surface area contributed by atoms with Gasteiger partial charge in [0.1, 0.15) is 11.5 Å². The molecule has 34 heavy (non-hydrogen) atoms. The lowest BCUT2D eigenvalue weighted by Gasteiger charge is -2.20. The summed E-state index contributed by atoms with van der Waals surface area (Å²) >= 11 is 0. The first-order valence-electron chi connectivity index (χ1n) is 10.4. The largest absolute Gasteiger partial charge is 0.494 e. The molecule has 0 unspecified atom stereocenters. The summed E-state index contributed by atoms with van der Waals surface area (Å²) in [6.45, 7) is 2.11. The van der Waals surface area contributed by atoms with Crippen LogP contribution in [0.2, 0.25) is 0 Å². The Kier molecular flexibility index (Phi) is 6.64. The fourth-order valence-electron chi connectivity index (χ4n) is 3.16. The van der Waals surface area contributed by atoms with Gasteiger partial charge < -0.3 is 9.47 Å². The van der Waals surface area contributed by atoms with Crippen molar-refractivity contribution in [2.24, 2.45) is 0 Å². The number of sulfonamides is 1. The van der Waals surface area contributed by atoms with E-state index in [0.717, 1.165) is 0 Å². The van der Waals surface area contributed by atoms with E-state index in [1.807, 2.05) is 13.0 Å². The number of pyridine rings is 1. The number of anilines is 2. The van der Waals surface area contributed by atoms with E-state index in [2.05, 4.69) is 15.5 Å². The Morgan fingerprint density at radius 2 is 1.65 bits per heavy atom. The van der Waals surface area contributed by atoms with E-state index in [4.69, 9.17) is 9.47 Å². The van der Waals surface area contributed by atoms with Crippen molar-refractivity contribution >= 4 is 33.2 Å². The van der Waals surface area contributed by atoms with Gasteiger partial charge in [-0.2, -0.15) is 0 Å². The maximum absolute atomic E-state index is 12.9. The highest BCUT2D eigenvalue weighted by Gasteiger charge is 2.21. The van der Waals surface area contributed by atoms with Crippen LogP contribution >= 0.6 is 0 Å². The second-order valence-electron chi connectivity index (χ2n) is 7.16. The summed E-state index contributed by atoms with van der Waals surface area (Å²) in [6, 6.07) is 18.0. The molecule has 176 valence electrons. The minimum Gasteiger partial charge on any atom is -0.494 e. The van der Waals surface area contributed by atoms with Gasteiger partial charge in [0, 0.05) is 13.2 Å². The van der Waals surface area contributed by atoms with E-state index in [0.29, 0.717) is 35.4 Å². The molecule has 0 atom stereocenters. The Bertz CT molecular complexity index is 1390. The highest BCUT2D eigenvalue weighted by atomic mass is 32.2. The summed E-state index contributed by atoms with van der Waals surface area (Å²) in [7, 11) is -2.28. The molecule has 0 fully saturated rings. The van der Waals surface area contributed by atoms with E-state index < -0.39 is 15.9 Å². The van der Waals surface area contributed by atoms with Crippen molar-refractivity contribution in [3.05, 3.63) is 72.9 Å². The van der Waals surface area contributed by atoms with Gasteiger partial charge >= 0.3 is 0 Å². The zero-order valence-electron chi connectivity index (χ0n) is 18.6. The number of ether oxygens (including phenoxy) is 2. The average Bonchev–Trinajstić information content (AvgIpc) is 3.26. The monoisotopic (exact) mass is 481 g/mol. The van der Waals surface area contributed by atoms with E-state index in [-0.39, 0.29) is 11.5 Å². The minimum absolute atomic E-state index is 0.149. The van der Waals surface area contributed by atoms with Gasteiger partial charge in [0.15, 0.2) is 12.3 Å². The highest BCUT2D eigenvalue weighted by Crippen LogP contribution is 2.25. The van der Waals surface area contributed by atoms with Crippen LogP contribution in [-0.2, 0) is 14.8 Å². The SMILES string of the molecule is CCOc1ccc(S(=O)(=O)N(C)c2ccc(OCC(=O)Nc3nnc4ccccn34)cc2)cc1. The van der Waals surface area contributed by atoms with Crippen LogP contribution in [0.25, 0.3) is 5.65 Å². The molecule has 0 aliphatic heterocycles. The number of hydrogen-bond donors (Lipinski definition) is 1. The van der Waals surface area contributed by atoms with Crippen molar-refractivity contribution in [1.82, 2.24) is 14.6 Å². The molecule has 0 bridgehead atoms. The number of carbonyl (C=O) groups excluding carboxylic acids is 1. The van der Waals surface area contributed by atoms with Crippen LogP contribution in [0.4, 0.5) is 11.6 Å². The predicted molar refractivity (Wildman–Crippen MR) is 127 cm³/mol. The molecule has 1 N–H and O–H groups in total. The first-order valence-corrected chi connectivity index (χ1v) is 11.9. The summed E-state index contributed by atoms with van der Waals surface area (Å²) in [4.78, 5) is 12.4. The molecule has 0 aliphatic carbocycles. The lowest BCUT2D eigenvalue weighted by Crippen LogP contribution is -2.26. The van der Waals surface area contributed by atoms with Crippen LogP contribution < -0.4 is 19.1 Å². The first kappa shape index (κ1) is 23.1. The molecule has 4 rings (SSSR count). The van der Waals surface area contributed by atoms with E-state index >= 15 is 0 Å². The maximum atomic E-state index is 12.9. The summed E-state index contributed by atoms with van der Waals surface area (Å²) in [5.41, 5.74) is 1.05. The zero-order chi connectivity index (χ0) is 24.1. The van der Waals surface area contributed by atoms with E-state index in [1.54, 1.807) is 59.1 Å². The standard InChI is InChI=1S/C23H23N5O5S/c1-3-32-18-11-13-20(14-12-18)34(30,31)27(2)17-7-9-19(10-8-17)33-16-22(29)24-23-26-25-21-6-4-5-15-28(21)23/h4-15H,3,16H2,1-2H3,(H,24,26,29). The summed E-state index contributed by atoms with van der Waals surface area (Å²) < 4.78 is 39.6. The number of nitrogens with zero attached hydrogens (tertiary/aromatic N) is 4. The molecule has 10 nitrogen and oxygen atoms in total. The fraction of sp³-hybridized carbons (Fsp3) is 0.174. The molecule has 0 saturated carbocycles. The van der Waals surface area contributed by atoms with Crippen LogP contribution in [0.5, 0.6) is 11.5 Å². The molecule has 2 aromatic heterocycles. The van der Waals surface area contributed by atoms with Crippen molar-refractivity contribution in [2.75, 3.05) is 29.9 Å². The Labute approximate surface area is 196 Å². The first-order chi connectivity index (χ1) is 16.4. The van der Waals surface area contributed by atoms with Crippen molar-refractivity contribution in [3.8, 4) is 11.5 Å². The molecule has 1 amide bonds. The third-order valence-electron chi connectivity index (χ3n) is 4.93. The molecule has 0 saturated heterocycles. The second-order valence-corrected chi connectivity index (χ2v) is 9.13. The van der Waals surface area contributed by atoms with Crippen LogP contribution in [0.3, 0.4) is 0 Å². The summed E-state index contributed by atoms with van der Waals surface area (Å²) in [5.74, 6) is 0.904. The number of nitrogens with one attached hydrogen (secondary N) is 1.